The summed E-state index contributed by atoms with van der Waals surface area (Å²) in [6.07, 6.45) is 19.1. The molecule has 2 saturated carbocycles. The molecule has 8 atom stereocenters. The number of allylic oxidation sites excluding steroid dienone is 6. The first kappa shape index (κ1) is 21.1. The van der Waals surface area contributed by atoms with Gasteiger partial charge in [-0.2, -0.15) is 0 Å². The largest absolute Gasteiger partial charge is 0.295 e. The average molecular weight is 395 g/mol. The van der Waals surface area contributed by atoms with Gasteiger partial charge in [-0.1, -0.05) is 65.8 Å². The molecule has 29 heavy (non-hydrogen) atoms. The van der Waals surface area contributed by atoms with E-state index in [2.05, 4.69) is 65.8 Å². The highest BCUT2D eigenvalue weighted by atomic mass is 16.1. The van der Waals surface area contributed by atoms with Gasteiger partial charge in [0.25, 0.3) is 0 Å². The molecule has 160 valence electrons. The van der Waals surface area contributed by atoms with Crippen LogP contribution in [0.4, 0.5) is 0 Å². The maximum atomic E-state index is 12.0. The highest BCUT2D eigenvalue weighted by Gasteiger charge is 2.58. The molecule has 0 aromatic carbocycles. The van der Waals surface area contributed by atoms with E-state index in [0.29, 0.717) is 29.0 Å². The quantitative estimate of drug-likeness (QED) is 0.454. The van der Waals surface area contributed by atoms with E-state index in [1.54, 1.807) is 0 Å². The summed E-state index contributed by atoms with van der Waals surface area (Å²) < 4.78 is 0. The summed E-state index contributed by atoms with van der Waals surface area (Å²) in [4.78, 5) is 12.0. The fourth-order valence-corrected chi connectivity index (χ4v) is 7.61. The van der Waals surface area contributed by atoms with Crippen LogP contribution in [0.25, 0.3) is 0 Å². The Balaban J connectivity index is 1.57. The fraction of sp³-hybridized carbons (Fsp3) is 0.750. The third-order valence-electron chi connectivity index (χ3n) is 9.99. The standard InChI is InChI=1S/C28H42O/c1-18(2)19(3)7-8-20(4)24-11-12-25-23-10-9-21-17-22(29)13-15-27(21,5)26(23)14-16-28(24,25)6/h7-10,17-20,23-26H,11-16H2,1-6H3/b8-7+/t19-,20+,23+,24+,25+,26+,27-,28+/m0/s1. The maximum absolute atomic E-state index is 12.0. The summed E-state index contributed by atoms with van der Waals surface area (Å²) in [7, 11) is 0. The van der Waals surface area contributed by atoms with Gasteiger partial charge in [-0.25, -0.2) is 0 Å². The lowest BCUT2D eigenvalue weighted by Gasteiger charge is -2.56. The van der Waals surface area contributed by atoms with E-state index in [1.165, 1.54) is 31.3 Å². The zero-order chi connectivity index (χ0) is 21.0. The molecule has 0 heterocycles. The zero-order valence-electron chi connectivity index (χ0n) is 19.6. The summed E-state index contributed by atoms with van der Waals surface area (Å²) in [5.74, 6) is 5.46. The second-order valence-electron chi connectivity index (χ2n) is 11.7. The third kappa shape index (κ3) is 3.41. The van der Waals surface area contributed by atoms with Crippen LogP contribution in [-0.4, -0.2) is 5.78 Å². The van der Waals surface area contributed by atoms with Gasteiger partial charge in [0.1, 0.15) is 0 Å². The molecular weight excluding hydrogens is 352 g/mol. The lowest BCUT2D eigenvalue weighted by Crippen LogP contribution is -2.49. The molecule has 2 fully saturated rings. The van der Waals surface area contributed by atoms with Crippen molar-refractivity contribution in [3.63, 3.8) is 0 Å². The number of carbonyl (C=O) groups excluding carboxylic acids is 1. The Labute approximate surface area is 179 Å². The lowest BCUT2D eigenvalue weighted by molar-refractivity contribution is -0.116. The Bertz CT molecular complexity index is 739. The molecule has 4 aliphatic rings. The van der Waals surface area contributed by atoms with Gasteiger partial charge in [-0.3, -0.25) is 4.79 Å². The predicted molar refractivity (Wildman–Crippen MR) is 122 cm³/mol. The normalized spacial score (nSPS) is 43.7. The molecule has 0 radical (unpaired) electrons. The smallest absolute Gasteiger partial charge is 0.156 e. The molecule has 0 aromatic rings. The van der Waals surface area contributed by atoms with E-state index in [1.807, 2.05) is 6.08 Å². The number of carbonyl (C=O) groups is 1. The first-order valence-corrected chi connectivity index (χ1v) is 12.3. The molecule has 4 aliphatic carbocycles. The van der Waals surface area contributed by atoms with Crippen LogP contribution in [0.1, 0.15) is 80.1 Å². The monoisotopic (exact) mass is 394 g/mol. The van der Waals surface area contributed by atoms with Crippen LogP contribution < -0.4 is 0 Å². The van der Waals surface area contributed by atoms with Gasteiger partial charge in [0, 0.05) is 6.42 Å². The molecule has 0 unspecified atom stereocenters. The van der Waals surface area contributed by atoms with Crippen molar-refractivity contribution < 1.29 is 4.79 Å². The van der Waals surface area contributed by atoms with Crippen molar-refractivity contribution in [3.8, 4) is 0 Å². The van der Waals surface area contributed by atoms with E-state index in [-0.39, 0.29) is 5.41 Å². The maximum Gasteiger partial charge on any atom is 0.156 e. The molecule has 1 nitrogen and oxygen atoms in total. The predicted octanol–water partition coefficient (Wildman–Crippen LogP) is 7.39. The molecule has 1 heteroatoms. The van der Waals surface area contributed by atoms with E-state index in [0.717, 1.165) is 36.5 Å². The second-order valence-corrected chi connectivity index (χ2v) is 11.7. The molecule has 0 spiro atoms. The van der Waals surface area contributed by atoms with E-state index < -0.39 is 0 Å². The van der Waals surface area contributed by atoms with Crippen LogP contribution in [0.5, 0.6) is 0 Å². The van der Waals surface area contributed by atoms with Crippen molar-refractivity contribution in [2.75, 3.05) is 0 Å². The fourth-order valence-electron chi connectivity index (χ4n) is 7.61. The van der Waals surface area contributed by atoms with Crippen LogP contribution >= 0.6 is 0 Å². The molecule has 0 amide bonds. The lowest BCUT2D eigenvalue weighted by atomic mass is 9.48. The summed E-state index contributed by atoms with van der Waals surface area (Å²) in [5, 5.41) is 0. The van der Waals surface area contributed by atoms with Gasteiger partial charge >= 0.3 is 0 Å². The highest BCUT2D eigenvalue weighted by molar-refractivity contribution is 5.92. The van der Waals surface area contributed by atoms with Crippen LogP contribution in [-0.2, 0) is 4.79 Å². The van der Waals surface area contributed by atoms with Gasteiger partial charge in [0.15, 0.2) is 5.78 Å². The SMILES string of the molecule is CC(C)[C@@H](C)/C=C/[C@@H](C)[C@H]1CC[C@@H]2[C@H]3C=CC4=CC(=O)CC[C@]4(C)[C@@H]3CC[C@@]21C. The summed E-state index contributed by atoms with van der Waals surface area (Å²) >= 11 is 0. The Kier molecular flexibility index (Phi) is 5.50. The third-order valence-corrected chi connectivity index (χ3v) is 9.99. The van der Waals surface area contributed by atoms with Crippen LogP contribution in [0.2, 0.25) is 0 Å². The van der Waals surface area contributed by atoms with Crippen molar-refractivity contribution in [1.29, 1.82) is 0 Å². The molecule has 0 N–H and O–H groups in total. The minimum absolute atomic E-state index is 0.227. The molecule has 0 saturated heterocycles. The minimum atomic E-state index is 0.227. The van der Waals surface area contributed by atoms with Crippen molar-refractivity contribution in [1.82, 2.24) is 0 Å². The van der Waals surface area contributed by atoms with Crippen LogP contribution in [0.15, 0.2) is 36.0 Å². The van der Waals surface area contributed by atoms with Crippen molar-refractivity contribution >= 4 is 5.78 Å². The number of hydrogen-bond donors (Lipinski definition) is 0. The molecule has 0 aliphatic heterocycles. The Morgan fingerprint density at radius 3 is 2.48 bits per heavy atom. The van der Waals surface area contributed by atoms with Crippen molar-refractivity contribution in [3.05, 3.63) is 36.0 Å². The average Bonchev–Trinajstić information content (AvgIpc) is 3.03. The Hall–Kier alpha value is -1.11. The second kappa shape index (κ2) is 7.54. The van der Waals surface area contributed by atoms with Gasteiger partial charge in [0.05, 0.1) is 0 Å². The summed E-state index contributed by atoms with van der Waals surface area (Å²) in [6, 6.07) is 0. The van der Waals surface area contributed by atoms with Gasteiger partial charge < -0.3 is 0 Å². The summed E-state index contributed by atoms with van der Waals surface area (Å²) in [5.41, 5.74) is 2.02. The highest BCUT2D eigenvalue weighted by Crippen LogP contribution is 2.66. The molecule has 4 rings (SSSR count). The minimum Gasteiger partial charge on any atom is -0.295 e. The van der Waals surface area contributed by atoms with Gasteiger partial charge in [-0.05, 0) is 96.0 Å². The molecule has 0 bridgehead atoms. The van der Waals surface area contributed by atoms with Crippen molar-refractivity contribution in [2.45, 2.75) is 80.1 Å². The first-order chi connectivity index (χ1) is 13.7. The molecule has 0 aromatic heterocycles. The van der Waals surface area contributed by atoms with E-state index >= 15 is 0 Å². The number of hydrogen-bond acceptors (Lipinski definition) is 1. The number of ketones is 1. The Morgan fingerprint density at radius 1 is 1.00 bits per heavy atom. The number of rotatable bonds is 4. The van der Waals surface area contributed by atoms with Gasteiger partial charge in [-0.15, -0.1) is 0 Å². The van der Waals surface area contributed by atoms with Crippen molar-refractivity contribution in [2.24, 2.45) is 52.3 Å². The van der Waals surface area contributed by atoms with Crippen LogP contribution in [0, 0.1) is 52.3 Å². The summed E-state index contributed by atoms with van der Waals surface area (Å²) in [6.45, 7) is 14.6. The number of fused-ring (bicyclic) bond motifs is 5. The first-order valence-electron chi connectivity index (χ1n) is 12.3. The van der Waals surface area contributed by atoms with E-state index in [4.69, 9.17) is 0 Å². The Morgan fingerprint density at radius 2 is 1.76 bits per heavy atom. The molecular formula is C28H42O. The van der Waals surface area contributed by atoms with E-state index in [9.17, 15) is 4.79 Å². The topological polar surface area (TPSA) is 17.1 Å². The van der Waals surface area contributed by atoms with Crippen LogP contribution in [0.3, 0.4) is 0 Å². The zero-order valence-corrected chi connectivity index (χ0v) is 19.6. The van der Waals surface area contributed by atoms with Gasteiger partial charge in [0.2, 0.25) is 0 Å².